The van der Waals surface area contributed by atoms with Gasteiger partial charge in [0.25, 0.3) is 0 Å². The van der Waals surface area contributed by atoms with Crippen LogP contribution in [0.15, 0.2) is 0 Å². The molecule has 1 aliphatic rings. The third kappa shape index (κ3) is 3.61. The number of nitrogens with zero attached hydrogens (tertiary/aromatic N) is 1. The largest absolute Gasteiger partial charge is 0.480 e. The topological polar surface area (TPSA) is 69.6 Å². The van der Waals surface area contributed by atoms with E-state index in [9.17, 15) is 9.59 Å². The molecular weight excluding hydrogens is 220 g/mol. The van der Waals surface area contributed by atoms with Crippen LogP contribution in [0.2, 0.25) is 0 Å². The average Bonchev–Trinajstić information content (AvgIpc) is 2.15. The lowest BCUT2D eigenvalue weighted by Gasteiger charge is -2.39. The lowest BCUT2D eigenvalue weighted by atomic mass is 9.84. The highest BCUT2D eigenvalue weighted by molar-refractivity contribution is 5.85. The van der Waals surface area contributed by atoms with Crippen molar-refractivity contribution in [2.24, 2.45) is 5.41 Å². The van der Waals surface area contributed by atoms with Crippen LogP contribution in [-0.2, 0) is 4.79 Å². The number of carbonyl (C=O) groups excluding carboxylic acids is 1. The van der Waals surface area contributed by atoms with Crippen LogP contribution in [0.1, 0.15) is 40.5 Å². The average molecular weight is 242 g/mol. The third-order valence-corrected chi connectivity index (χ3v) is 3.14. The highest BCUT2D eigenvalue weighted by Gasteiger charge is 2.34. The van der Waals surface area contributed by atoms with Crippen LogP contribution in [0.5, 0.6) is 0 Å². The van der Waals surface area contributed by atoms with Crippen molar-refractivity contribution >= 4 is 12.0 Å². The van der Waals surface area contributed by atoms with Gasteiger partial charge in [-0.05, 0) is 32.1 Å². The Morgan fingerprint density at radius 2 is 1.94 bits per heavy atom. The molecule has 5 heteroatoms. The predicted octanol–water partition coefficient (Wildman–Crippen LogP) is 1.68. The summed E-state index contributed by atoms with van der Waals surface area (Å²) in [4.78, 5) is 24.6. The maximum Gasteiger partial charge on any atom is 0.328 e. The first-order chi connectivity index (χ1) is 7.64. The van der Waals surface area contributed by atoms with Gasteiger partial charge in [-0.25, -0.2) is 9.59 Å². The maximum absolute atomic E-state index is 12.0. The number of rotatable bonds is 2. The summed E-state index contributed by atoms with van der Waals surface area (Å²) < 4.78 is 0. The molecule has 2 amide bonds. The molecule has 17 heavy (non-hydrogen) atoms. The summed E-state index contributed by atoms with van der Waals surface area (Å²) in [6.45, 7) is 8.59. The van der Waals surface area contributed by atoms with E-state index in [1.165, 1.54) is 13.8 Å². The van der Waals surface area contributed by atoms with Crippen molar-refractivity contribution in [2.45, 2.75) is 46.1 Å². The number of aliphatic carboxylic acids is 1. The van der Waals surface area contributed by atoms with Crippen molar-refractivity contribution in [2.75, 3.05) is 13.1 Å². The van der Waals surface area contributed by atoms with Gasteiger partial charge >= 0.3 is 12.0 Å². The summed E-state index contributed by atoms with van der Waals surface area (Å²) in [7, 11) is 0. The summed E-state index contributed by atoms with van der Waals surface area (Å²) in [6, 6.07) is -0.287. The van der Waals surface area contributed by atoms with Gasteiger partial charge in [-0.15, -0.1) is 0 Å². The van der Waals surface area contributed by atoms with Gasteiger partial charge in [-0.3, -0.25) is 0 Å². The van der Waals surface area contributed by atoms with Crippen LogP contribution in [0.25, 0.3) is 0 Å². The van der Waals surface area contributed by atoms with Gasteiger partial charge in [0.2, 0.25) is 0 Å². The Kier molecular flexibility index (Phi) is 3.69. The Bertz CT molecular complexity index is 324. The monoisotopic (exact) mass is 242 g/mol. The summed E-state index contributed by atoms with van der Waals surface area (Å²) in [5.74, 6) is -1.03. The minimum atomic E-state index is -1.22. The Hall–Kier alpha value is -1.26. The second-order valence-corrected chi connectivity index (χ2v) is 6.05. The highest BCUT2D eigenvalue weighted by Crippen LogP contribution is 2.28. The molecule has 1 fully saturated rings. The normalized spacial score (nSPS) is 19.9. The predicted molar refractivity (Wildman–Crippen MR) is 64.8 cm³/mol. The van der Waals surface area contributed by atoms with Gasteiger partial charge in [0.15, 0.2) is 0 Å². The van der Waals surface area contributed by atoms with Gasteiger partial charge < -0.3 is 15.3 Å². The molecule has 1 heterocycles. The van der Waals surface area contributed by atoms with Crippen molar-refractivity contribution in [1.29, 1.82) is 0 Å². The lowest BCUT2D eigenvalue weighted by molar-refractivity contribution is -0.143. The molecule has 1 aliphatic heterocycles. The summed E-state index contributed by atoms with van der Waals surface area (Å²) >= 11 is 0. The standard InChI is InChI=1S/C12H22N2O3/c1-11(2)6-5-7-14(8-11)10(17)13-12(3,4)9(15)16/h5-8H2,1-4H3,(H,13,17)(H,15,16). The number of nitrogens with one attached hydrogen (secondary N) is 1. The number of hydrogen-bond acceptors (Lipinski definition) is 2. The molecule has 1 rings (SSSR count). The Balaban J connectivity index is 2.62. The van der Waals surface area contributed by atoms with Gasteiger partial charge in [0.1, 0.15) is 5.54 Å². The number of urea groups is 1. The lowest BCUT2D eigenvalue weighted by Crippen LogP contribution is -2.56. The SMILES string of the molecule is CC1(C)CCCN(C(=O)NC(C)(C)C(=O)O)C1. The second-order valence-electron chi connectivity index (χ2n) is 6.05. The maximum atomic E-state index is 12.0. The van der Waals surface area contributed by atoms with Gasteiger partial charge in [-0.2, -0.15) is 0 Å². The van der Waals surface area contributed by atoms with Crippen LogP contribution in [0.3, 0.4) is 0 Å². The molecule has 0 aromatic carbocycles. The zero-order valence-electron chi connectivity index (χ0n) is 11.0. The first-order valence-corrected chi connectivity index (χ1v) is 5.95. The molecule has 2 N–H and O–H groups in total. The van der Waals surface area contributed by atoms with Crippen LogP contribution < -0.4 is 5.32 Å². The molecule has 0 unspecified atom stereocenters. The van der Waals surface area contributed by atoms with Crippen LogP contribution >= 0.6 is 0 Å². The summed E-state index contributed by atoms with van der Waals surface area (Å²) in [6.07, 6.45) is 2.06. The molecule has 98 valence electrons. The van der Waals surface area contributed by atoms with E-state index in [1.807, 2.05) is 0 Å². The third-order valence-electron chi connectivity index (χ3n) is 3.14. The molecule has 0 aromatic rings. The number of carboxylic acids is 1. The number of amides is 2. The molecule has 5 nitrogen and oxygen atoms in total. The quantitative estimate of drug-likeness (QED) is 0.774. The molecule has 0 bridgehead atoms. The van der Waals surface area contributed by atoms with Gasteiger partial charge in [0.05, 0.1) is 0 Å². The second kappa shape index (κ2) is 4.55. The minimum Gasteiger partial charge on any atom is -0.480 e. The van der Waals surface area contributed by atoms with E-state index >= 15 is 0 Å². The number of carboxylic acid groups (broad SMARTS) is 1. The first kappa shape index (κ1) is 13.8. The Labute approximate surface area is 102 Å². The molecule has 0 atom stereocenters. The van der Waals surface area contributed by atoms with Crippen molar-refractivity contribution in [3.05, 3.63) is 0 Å². The van der Waals surface area contributed by atoms with Crippen LogP contribution in [-0.4, -0.2) is 40.6 Å². The van der Waals surface area contributed by atoms with Crippen LogP contribution in [0, 0.1) is 5.41 Å². The zero-order valence-corrected chi connectivity index (χ0v) is 11.0. The van der Waals surface area contributed by atoms with E-state index in [-0.39, 0.29) is 11.4 Å². The highest BCUT2D eigenvalue weighted by atomic mass is 16.4. The molecule has 0 saturated carbocycles. The number of likely N-dealkylation sites (tertiary alicyclic amines) is 1. The van der Waals surface area contributed by atoms with Crippen molar-refractivity contribution in [3.8, 4) is 0 Å². The summed E-state index contributed by atoms with van der Waals surface area (Å²) in [5, 5.41) is 11.5. The minimum absolute atomic E-state index is 0.114. The fraction of sp³-hybridized carbons (Fsp3) is 0.833. The molecule has 0 spiro atoms. The van der Waals surface area contributed by atoms with Crippen molar-refractivity contribution < 1.29 is 14.7 Å². The molecular formula is C12H22N2O3. The molecule has 0 aliphatic carbocycles. The fourth-order valence-corrected chi connectivity index (χ4v) is 2.00. The first-order valence-electron chi connectivity index (χ1n) is 5.95. The molecule has 1 saturated heterocycles. The zero-order chi connectivity index (χ0) is 13.3. The van der Waals surface area contributed by atoms with Gasteiger partial charge in [-0.1, -0.05) is 13.8 Å². The number of hydrogen-bond donors (Lipinski definition) is 2. The van der Waals surface area contributed by atoms with E-state index in [1.54, 1.807) is 4.90 Å². The van der Waals surface area contributed by atoms with E-state index in [2.05, 4.69) is 19.2 Å². The summed E-state index contributed by atoms with van der Waals surface area (Å²) in [5.41, 5.74) is -1.11. The molecule has 0 radical (unpaired) electrons. The van der Waals surface area contributed by atoms with Crippen LogP contribution in [0.4, 0.5) is 4.79 Å². The van der Waals surface area contributed by atoms with E-state index in [0.717, 1.165) is 12.8 Å². The van der Waals surface area contributed by atoms with Crippen molar-refractivity contribution in [3.63, 3.8) is 0 Å². The number of carbonyl (C=O) groups is 2. The molecule has 0 aromatic heterocycles. The van der Waals surface area contributed by atoms with E-state index < -0.39 is 11.5 Å². The van der Waals surface area contributed by atoms with Crippen molar-refractivity contribution in [1.82, 2.24) is 10.2 Å². The fourth-order valence-electron chi connectivity index (χ4n) is 2.00. The van der Waals surface area contributed by atoms with E-state index in [4.69, 9.17) is 5.11 Å². The van der Waals surface area contributed by atoms with E-state index in [0.29, 0.717) is 13.1 Å². The number of piperidine rings is 1. The smallest absolute Gasteiger partial charge is 0.328 e. The Morgan fingerprint density at radius 3 is 2.41 bits per heavy atom. The van der Waals surface area contributed by atoms with Gasteiger partial charge in [0, 0.05) is 13.1 Å². The Morgan fingerprint density at radius 1 is 1.35 bits per heavy atom.